The Kier molecular flexibility index (Phi) is 5.02. The zero-order valence-electron chi connectivity index (χ0n) is 11.6. The quantitative estimate of drug-likeness (QED) is 0.846. The smallest absolute Gasteiger partial charge is 0.330 e. The van der Waals surface area contributed by atoms with E-state index >= 15 is 0 Å². The molecule has 21 heavy (non-hydrogen) atoms. The third-order valence-electron chi connectivity index (χ3n) is 3.48. The van der Waals surface area contributed by atoms with Gasteiger partial charge in [-0.25, -0.2) is 0 Å². The standard InChI is InChI=1S/C17H18F3N/c18-17(19,20)12-16(10-11-21)15-8-6-14(7-9-15)13-4-2-1-3-5-13/h1-9,16H,10-12,21H2. The summed E-state index contributed by atoms with van der Waals surface area (Å²) in [7, 11) is 0. The van der Waals surface area contributed by atoms with Gasteiger partial charge in [-0.05, 0) is 35.6 Å². The number of hydrogen-bond donors (Lipinski definition) is 1. The van der Waals surface area contributed by atoms with Gasteiger partial charge in [0.15, 0.2) is 0 Å². The van der Waals surface area contributed by atoms with Crippen molar-refractivity contribution in [1.82, 2.24) is 0 Å². The number of rotatable bonds is 5. The molecule has 0 spiro atoms. The molecule has 0 aromatic heterocycles. The van der Waals surface area contributed by atoms with Crippen molar-refractivity contribution >= 4 is 0 Å². The van der Waals surface area contributed by atoms with E-state index in [2.05, 4.69) is 0 Å². The van der Waals surface area contributed by atoms with Crippen LogP contribution in [0.15, 0.2) is 54.6 Å². The third-order valence-corrected chi connectivity index (χ3v) is 3.48. The molecule has 2 aromatic carbocycles. The molecule has 4 heteroatoms. The molecule has 2 aromatic rings. The average Bonchev–Trinajstić information content (AvgIpc) is 2.47. The number of nitrogens with two attached hydrogens (primary N) is 1. The second-order valence-corrected chi connectivity index (χ2v) is 5.08. The summed E-state index contributed by atoms with van der Waals surface area (Å²) in [5, 5.41) is 0. The van der Waals surface area contributed by atoms with Gasteiger partial charge in [-0.2, -0.15) is 13.2 Å². The molecule has 0 aliphatic heterocycles. The predicted octanol–water partition coefficient (Wildman–Crippen LogP) is 4.74. The predicted molar refractivity (Wildman–Crippen MR) is 79.0 cm³/mol. The maximum atomic E-state index is 12.6. The molecule has 1 unspecified atom stereocenters. The number of alkyl halides is 3. The molecule has 0 radical (unpaired) electrons. The minimum Gasteiger partial charge on any atom is -0.330 e. The van der Waals surface area contributed by atoms with Gasteiger partial charge >= 0.3 is 6.18 Å². The topological polar surface area (TPSA) is 26.0 Å². The van der Waals surface area contributed by atoms with E-state index in [9.17, 15) is 13.2 Å². The molecule has 0 bridgehead atoms. The van der Waals surface area contributed by atoms with Gasteiger partial charge in [-0.15, -0.1) is 0 Å². The van der Waals surface area contributed by atoms with Crippen molar-refractivity contribution in [3.05, 3.63) is 60.2 Å². The van der Waals surface area contributed by atoms with Gasteiger partial charge in [0.25, 0.3) is 0 Å². The first-order chi connectivity index (χ1) is 9.99. The lowest BCUT2D eigenvalue weighted by molar-refractivity contribution is -0.139. The van der Waals surface area contributed by atoms with E-state index in [1.807, 2.05) is 42.5 Å². The van der Waals surface area contributed by atoms with Crippen molar-refractivity contribution in [2.45, 2.75) is 24.9 Å². The summed E-state index contributed by atoms with van der Waals surface area (Å²) in [5.74, 6) is -0.570. The molecule has 0 saturated heterocycles. The first kappa shape index (κ1) is 15.6. The van der Waals surface area contributed by atoms with Crippen molar-refractivity contribution in [1.29, 1.82) is 0 Å². The number of halogens is 3. The van der Waals surface area contributed by atoms with Gasteiger partial charge in [0.05, 0.1) is 6.42 Å². The second-order valence-electron chi connectivity index (χ2n) is 5.08. The van der Waals surface area contributed by atoms with Gasteiger partial charge in [0.2, 0.25) is 0 Å². The zero-order valence-corrected chi connectivity index (χ0v) is 11.6. The summed E-state index contributed by atoms with van der Waals surface area (Å²) in [4.78, 5) is 0. The molecule has 0 aliphatic rings. The molecule has 0 amide bonds. The number of hydrogen-bond acceptors (Lipinski definition) is 1. The summed E-state index contributed by atoms with van der Waals surface area (Å²) in [6.45, 7) is 0.251. The highest BCUT2D eigenvalue weighted by molar-refractivity contribution is 5.63. The molecule has 0 aliphatic carbocycles. The largest absolute Gasteiger partial charge is 0.389 e. The van der Waals surface area contributed by atoms with Gasteiger partial charge in [-0.3, -0.25) is 0 Å². The van der Waals surface area contributed by atoms with Crippen LogP contribution in [0.25, 0.3) is 11.1 Å². The highest BCUT2D eigenvalue weighted by Crippen LogP contribution is 2.34. The van der Waals surface area contributed by atoms with Crippen LogP contribution in [0.4, 0.5) is 13.2 Å². The molecule has 1 atom stereocenters. The maximum absolute atomic E-state index is 12.6. The van der Waals surface area contributed by atoms with Crippen LogP contribution >= 0.6 is 0 Å². The van der Waals surface area contributed by atoms with Crippen molar-refractivity contribution in [3.63, 3.8) is 0 Å². The van der Waals surface area contributed by atoms with Crippen molar-refractivity contribution in [2.24, 2.45) is 5.73 Å². The van der Waals surface area contributed by atoms with Crippen LogP contribution in [0.1, 0.15) is 24.3 Å². The minimum atomic E-state index is -4.17. The lowest BCUT2D eigenvalue weighted by Crippen LogP contribution is -2.16. The molecule has 2 rings (SSSR count). The lowest BCUT2D eigenvalue weighted by atomic mass is 9.91. The van der Waals surface area contributed by atoms with E-state index in [1.54, 1.807) is 12.1 Å². The monoisotopic (exact) mass is 293 g/mol. The normalized spacial score (nSPS) is 13.1. The van der Waals surface area contributed by atoms with Crippen molar-refractivity contribution in [3.8, 4) is 11.1 Å². The van der Waals surface area contributed by atoms with Crippen LogP contribution in [0.5, 0.6) is 0 Å². The Morgan fingerprint density at radius 2 is 1.43 bits per heavy atom. The van der Waals surface area contributed by atoms with E-state index in [-0.39, 0.29) is 6.54 Å². The summed E-state index contributed by atoms with van der Waals surface area (Å²) in [6, 6.07) is 17.0. The van der Waals surface area contributed by atoms with Crippen LogP contribution in [-0.2, 0) is 0 Å². The van der Waals surface area contributed by atoms with E-state index in [1.165, 1.54) is 0 Å². The van der Waals surface area contributed by atoms with Crippen LogP contribution < -0.4 is 5.73 Å². The lowest BCUT2D eigenvalue weighted by Gasteiger charge is -2.18. The first-order valence-corrected chi connectivity index (χ1v) is 6.92. The molecule has 0 heterocycles. The van der Waals surface area contributed by atoms with Crippen LogP contribution in [0, 0.1) is 0 Å². The molecule has 2 N–H and O–H groups in total. The minimum absolute atomic E-state index is 0.251. The fraction of sp³-hybridized carbons (Fsp3) is 0.294. The van der Waals surface area contributed by atoms with Crippen LogP contribution in [0.3, 0.4) is 0 Å². The Morgan fingerprint density at radius 3 is 1.95 bits per heavy atom. The van der Waals surface area contributed by atoms with Crippen molar-refractivity contribution < 1.29 is 13.2 Å². The highest BCUT2D eigenvalue weighted by atomic mass is 19.4. The Hall–Kier alpha value is -1.81. The Labute approximate surface area is 122 Å². The van der Waals surface area contributed by atoms with E-state index in [0.717, 1.165) is 11.1 Å². The molecule has 112 valence electrons. The SMILES string of the molecule is NCCC(CC(F)(F)F)c1ccc(-c2ccccc2)cc1. The molecule has 0 saturated carbocycles. The van der Waals surface area contributed by atoms with Gasteiger partial charge in [-0.1, -0.05) is 54.6 Å². The molecular weight excluding hydrogens is 275 g/mol. The van der Waals surface area contributed by atoms with Crippen LogP contribution in [0.2, 0.25) is 0 Å². The fourth-order valence-corrected chi connectivity index (χ4v) is 2.45. The van der Waals surface area contributed by atoms with Gasteiger partial charge in [0, 0.05) is 0 Å². The molecule has 0 fully saturated rings. The van der Waals surface area contributed by atoms with Gasteiger partial charge < -0.3 is 5.73 Å². The van der Waals surface area contributed by atoms with E-state index < -0.39 is 18.5 Å². The first-order valence-electron chi connectivity index (χ1n) is 6.92. The fourth-order valence-electron chi connectivity index (χ4n) is 2.45. The average molecular weight is 293 g/mol. The van der Waals surface area contributed by atoms with E-state index in [0.29, 0.717) is 12.0 Å². The summed E-state index contributed by atoms with van der Waals surface area (Å²) < 4.78 is 37.9. The summed E-state index contributed by atoms with van der Waals surface area (Å²) >= 11 is 0. The molecular formula is C17H18F3N. The summed E-state index contributed by atoms with van der Waals surface area (Å²) in [6.07, 6.45) is -4.66. The Morgan fingerprint density at radius 1 is 0.857 bits per heavy atom. The second kappa shape index (κ2) is 6.76. The molecule has 1 nitrogen and oxygen atoms in total. The number of benzene rings is 2. The summed E-state index contributed by atoms with van der Waals surface area (Å²) in [5.41, 5.74) is 8.18. The maximum Gasteiger partial charge on any atom is 0.389 e. The van der Waals surface area contributed by atoms with E-state index in [4.69, 9.17) is 5.73 Å². The Balaban J connectivity index is 2.19. The van der Waals surface area contributed by atoms with Gasteiger partial charge in [0.1, 0.15) is 0 Å². The van der Waals surface area contributed by atoms with Crippen LogP contribution in [-0.4, -0.2) is 12.7 Å². The third kappa shape index (κ3) is 4.60. The van der Waals surface area contributed by atoms with Crippen molar-refractivity contribution in [2.75, 3.05) is 6.54 Å². The zero-order chi connectivity index (χ0) is 15.3. The highest BCUT2D eigenvalue weighted by Gasteiger charge is 2.32. The Bertz CT molecular complexity index is 546.